The number of carbonyl (C=O) groups is 2. The third-order valence-corrected chi connectivity index (χ3v) is 2.14. The summed E-state index contributed by atoms with van der Waals surface area (Å²) in [6.07, 6.45) is 0.302. The number of carbonyl (C=O) groups excluding carboxylic acids is 2. The molecule has 5 heteroatoms. The first-order chi connectivity index (χ1) is 6.18. The van der Waals surface area contributed by atoms with Crippen LogP contribution in [0.25, 0.3) is 0 Å². The van der Waals surface area contributed by atoms with Crippen LogP contribution in [0.2, 0.25) is 0 Å². The van der Waals surface area contributed by atoms with E-state index in [9.17, 15) is 9.59 Å². The maximum Gasteiger partial charge on any atom is 0.236 e. The molecule has 0 aliphatic heterocycles. The summed E-state index contributed by atoms with van der Waals surface area (Å²) in [5.41, 5.74) is 5.81. The van der Waals surface area contributed by atoms with E-state index in [-0.39, 0.29) is 12.5 Å². The van der Waals surface area contributed by atoms with E-state index in [0.29, 0.717) is 6.42 Å². The fraction of sp³-hybridized carbons (Fsp3) is 0.250. The van der Waals surface area contributed by atoms with Gasteiger partial charge in [-0.25, -0.2) is 0 Å². The Kier molecular flexibility index (Phi) is 3.45. The number of primary amides is 1. The second-order valence-electron chi connectivity index (χ2n) is 2.55. The summed E-state index contributed by atoms with van der Waals surface area (Å²) in [5, 5.41) is 6.20. The molecule has 0 aliphatic carbocycles. The Bertz CT molecular complexity index is 295. The lowest BCUT2D eigenvalue weighted by Gasteiger charge is -2.00. The van der Waals surface area contributed by atoms with E-state index in [1.54, 1.807) is 0 Å². The van der Waals surface area contributed by atoms with Gasteiger partial charge in [0.05, 0.1) is 13.0 Å². The van der Waals surface area contributed by atoms with Gasteiger partial charge < -0.3 is 11.1 Å². The maximum atomic E-state index is 11.1. The zero-order valence-corrected chi connectivity index (χ0v) is 7.76. The van der Waals surface area contributed by atoms with Gasteiger partial charge in [-0.1, -0.05) is 0 Å². The highest BCUT2D eigenvalue weighted by Crippen LogP contribution is 2.05. The number of hydrogen-bond acceptors (Lipinski definition) is 3. The maximum absolute atomic E-state index is 11.1. The molecule has 0 fully saturated rings. The van der Waals surface area contributed by atoms with Crippen molar-refractivity contribution in [2.75, 3.05) is 6.54 Å². The second kappa shape index (κ2) is 4.61. The van der Waals surface area contributed by atoms with Crippen LogP contribution in [-0.4, -0.2) is 18.4 Å². The second-order valence-corrected chi connectivity index (χ2v) is 3.33. The third kappa shape index (κ3) is 3.71. The van der Waals surface area contributed by atoms with Gasteiger partial charge in [0.25, 0.3) is 0 Å². The van der Waals surface area contributed by atoms with E-state index >= 15 is 0 Å². The van der Waals surface area contributed by atoms with Gasteiger partial charge in [0.1, 0.15) is 0 Å². The van der Waals surface area contributed by atoms with Crippen LogP contribution in [-0.2, 0) is 16.0 Å². The highest BCUT2D eigenvalue weighted by atomic mass is 32.1. The summed E-state index contributed by atoms with van der Waals surface area (Å²) in [5.74, 6) is -0.712. The highest BCUT2D eigenvalue weighted by molar-refractivity contribution is 7.07. The molecule has 0 saturated carbocycles. The van der Waals surface area contributed by atoms with Gasteiger partial charge in [0.15, 0.2) is 0 Å². The Morgan fingerprint density at radius 1 is 1.54 bits per heavy atom. The highest BCUT2D eigenvalue weighted by Gasteiger charge is 2.03. The lowest BCUT2D eigenvalue weighted by atomic mass is 10.2. The number of nitrogens with one attached hydrogen (secondary N) is 1. The van der Waals surface area contributed by atoms with Gasteiger partial charge in [0.2, 0.25) is 11.8 Å². The molecule has 2 amide bonds. The van der Waals surface area contributed by atoms with Crippen molar-refractivity contribution in [3.05, 3.63) is 22.4 Å². The smallest absolute Gasteiger partial charge is 0.236 e. The molecular weight excluding hydrogens is 188 g/mol. The Hall–Kier alpha value is -1.36. The summed E-state index contributed by atoms with van der Waals surface area (Å²) in [6.45, 7) is -0.0943. The minimum absolute atomic E-state index is 0.0943. The largest absolute Gasteiger partial charge is 0.368 e. The predicted molar refractivity (Wildman–Crippen MR) is 50.2 cm³/mol. The van der Waals surface area contributed by atoms with Crippen molar-refractivity contribution in [3.63, 3.8) is 0 Å². The molecular formula is C8H10N2O2S. The molecule has 13 heavy (non-hydrogen) atoms. The molecule has 0 bridgehead atoms. The standard InChI is InChI=1S/C8H10N2O2S/c9-7(11)4-10-8(12)3-6-1-2-13-5-6/h1-2,5H,3-4H2,(H2,9,11)(H,10,12). The van der Waals surface area contributed by atoms with Crippen molar-refractivity contribution in [3.8, 4) is 0 Å². The van der Waals surface area contributed by atoms with Crippen LogP contribution in [0.1, 0.15) is 5.56 Å². The third-order valence-electron chi connectivity index (χ3n) is 1.40. The van der Waals surface area contributed by atoms with Gasteiger partial charge in [-0.05, 0) is 22.4 Å². The van der Waals surface area contributed by atoms with Gasteiger partial charge in [-0.2, -0.15) is 11.3 Å². The molecule has 0 saturated heterocycles. The van der Waals surface area contributed by atoms with Gasteiger partial charge in [-0.3, -0.25) is 9.59 Å². The number of rotatable bonds is 4. The van der Waals surface area contributed by atoms with Crippen molar-refractivity contribution < 1.29 is 9.59 Å². The molecule has 1 aromatic heterocycles. The number of hydrogen-bond donors (Lipinski definition) is 2. The minimum Gasteiger partial charge on any atom is -0.368 e. The van der Waals surface area contributed by atoms with E-state index in [4.69, 9.17) is 5.73 Å². The Morgan fingerprint density at radius 2 is 2.31 bits per heavy atom. The lowest BCUT2D eigenvalue weighted by molar-refractivity contribution is -0.124. The minimum atomic E-state index is -0.529. The van der Waals surface area contributed by atoms with Gasteiger partial charge in [-0.15, -0.1) is 0 Å². The topological polar surface area (TPSA) is 72.2 Å². The van der Waals surface area contributed by atoms with E-state index in [2.05, 4.69) is 5.32 Å². The molecule has 1 aromatic rings. The fourth-order valence-electron chi connectivity index (χ4n) is 0.827. The first kappa shape index (κ1) is 9.73. The van der Waals surface area contributed by atoms with Crippen molar-refractivity contribution in [1.29, 1.82) is 0 Å². The molecule has 1 rings (SSSR count). The summed E-state index contributed by atoms with van der Waals surface area (Å²) >= 11 is 1.53. The first-order valence-corrected chi connectivity index (χ1v) is 4.69. The zero-order valence-electron chi connectivity index (χ0n) is 6.95. The average molecular weight is 198 g/mol. The van der Waals surface area contributed by atoms with Crippen LogP contribution >= 0.6 is 11.3 Å². The van der Waals surface area contributed by atoms with Crippen molar-refractivity contribution >= 4 is 23.2 Å². The molecule has 0 aromatic carbocycles. The van der Waals surface area contributed by atoms with Crippen molar-refractivity contribution in [2.45, 2.75) is 6.42 Å². The molecule has 70 valence electrons. The van der Waals surface area contributed by atoms with Crippen LogP contribution in [0.4, 0.5) is 0 Å². The van der Waals surface area contributed by atoms with E-state index in [0.717, 1.165) is 5.56 Å². The van der Waals surface area contributed by atoms with E-state index in [1.165, 1.54) is 11.3 Å². The predicted octanol–water partition coefficient (Wildman–Crippen LogP) is -0.108. The SMILES string of the molecule is NC(=O)CNC(=O)Cc1ccsc1. The molecule has 0 atom stereocenters. The normalized spacial score (nSPS) is 9.54. The molecule has 4 nitrogen and oxygen atoms in total. The first-order valence-electron chi connectivity index (χ1n) is 3.74. The van der Waals surface area contributed by atoms with Gasteiger partial charge in [0, 0.05) is 0 Å². The number of amides is 2. The van der Waals surface area contributed by atoms with Crippen LogP contribution in [0.15, 0.2) is 16.8 Å². The Labute approximate surface area is 79.7 Å². The summed E-state index contributed by atoms with van der Waals surface area (Å²) < 4.78 is 0. The average Bonchev–Trinajstić information content (AvgIpc) is 2.53. The zero-order chi connectivity index (χ0) is 9.68. The van der Waals surface area contributed by atoms with Crippen LogP contribution in [0.5, 0.6) is 0 Å². The van der Waals surface area contributed by atoms with Crippen LogP contribution in [0.3, 0.4) is 0 Å². The summed E-state index contributed by atoms with van der Waals surface area (Å²) in [6, 6.07) is 1.87. The van der Waals surface area contributed by atoms with E-state index < -0.39 is 5.91 Å². The van der Waals surface area contributed by atoms with Crippen LogP contribution in [0, 0.1) is 0 Å². The van der Waals surface area contributed by atoms with Crippen molar-refractivity contribution in [2.24, 2.45) is 5.73 Å². The molecule has 1 heterocycles. The Morgan fingerprint density at radius 3 is 2.85 bits per heavy atom. The molecule has 3 N–H and O–H groups in total. The molecule has 0 spiro atoms. The quantitative estimate of drug-likeness (QED) is 0.708. The van der Waals surface area contributed by atoms with Crippen LogP contribution < -0.4 is 11.1 Å². The summed E-state index contributed by atoms with van der Waals surface area (Å²) in [4.78, 5) is 21.4. The number of nitrogens with two attached hydrogens (primary N) is 1. The van der Waals surface area contributed by atoms with E-state index in [1.807, 2.05) is 16.8 Å². The van der Waals surface area contributed by atoms with Gasteiger partial charge >= 0.3 is 0 Å². The molecule has 0 radical (unpaired) electrons. The summed E-state index contributed by atoms with van der Waals surface area (Å²) in [7, 11) is 0. The number of thiophene rings is 1. The molecule has 0 unspecified atom stereocenters. The Balaban J connectivity index is 2.30. The lowest BCUT2D eigenvalue weighted by Crippen LogP contribution is -2.34. The molecule has 0 aliphatic rings. The fourth-order valence-corrected chi connectivity index (χ4v) is 1.50. The van der Waals surface area contributed by atoms with Crippen molar-refractivity contribution in [1.82, 2.24) is 5.32 Å². The monoisotopic (exact) mass is 198 g/mol.